The Bertz CT molecular complexity index is 1550. The van der Waals surface area contributed by atoms with Gasteiger partial charge in [-0.2, -0.15) is 4.90 Å². The summed E-state index contributed by atoms with van der Waals surface area (Å²) in [6, 6.07) is 10.1. The number of benzene rings is 2. The molecule has 2 aliphatic heterocycles. The van der Waals surface area contributed by atoms with Gasteiger partial charge in [-0.05, 0) is 35.8 Å². The molecule has 2 heterocycles. The number of aromatic hydroxyl groups is 1. The third-order valence-electron chi connectivity index (χ3n) is 8.62. The van der Waals surface area contributed by atoms with Crippen LogP contribution in [0.4, 0.5) is 4.79 Å². The summed E-state index contributed by atoms with van der Waals surface area (Å²) in [5.74, 6) is -6.42. The number of ether oxygens (including phenoxy) is 1. The van der Waals surface area contributed by atoms with Crippen molar-refractivity contribution in [1.29, 1.82) is 0 Å². The SMILES string of the molecule is COC(=O)N1C(=O)[C@H]2[C@H](CC=C3[C@H]2C[C@@]2(Cl)C(=O)N(CBr)C(=O)[C@@]2(Cl)[C@H]3c2ccc(O)c3ccccc23)C1=O. The number of alkyl halides is 3. The molecular formula is C27H21BrCl2N2O7. The van der Waals surface area contributed by atoms with Crippen LogP contribution in [0, 0.1) is 17.8 Å². The number of nitrogens with zero attached hydrogens (tertiary/aromatic N) is 2. The average Bonchev–Trinajstić information content (AvgIpc) is 3.27. The lowest BCUT2D eigenvalue weighted by Crippen LogP contribution is -2.60. The molecule has 2 aromatic carbocycles. The van der Waals surface area contributed by atoms with E-state index in [9.17, 15) is 29.1 Å². The van der Waals surface area contributed by atoms with Crippen LogP contribution < -0.4 is 0 Å². The van der Waals surface area contributed by atoms with Crippen molar-refractivity contribution in [2.45, 2.75) is 28.5 Å². The Morgan fingerprint density at radius 2 is 1.74 bits per heavy atom. The molecule has 0 radical (unpaired) electrons. The van der Waals surface area contributed by atoms with E-state index in [4.69, 9.17) is 23.2 Å². The standard InChI is InChI=1S/C27H21BrCl2N2O7/c1-39-25(38)32-21(34)16-7-6-15-17(19(16)22(32)35)10-26(29)23(36)31(11-28)24(37)27(26,30)20(15)14-8-9-18(33)13-5-3-2-4-12(13)14/h2-6,8-9,16-17,19-20,33H,7,10-11H2,1H3/t16-,17+,19-,20-,26+,27-/m0/s1. The van der Waals surface area contributed by atoms with Gasteiger partial charge < -0.3 is 9.84 Å². The average molecular weight is 636 g/mol. The Kier molecular flexibility index (Phi) is 5.91. The molecule has 0 aromatic heterocycles. The number of phenols is 1. The van der Waals surface area contributed by atoms with Gasteiger partial charge in [0.05, 0.1) is 24.4 Å². The Labute approximate surface area is 240 Å². The number of amides is 5. The number of imide groups is 4. The maximum atomic E-state index is 13.9. The second-order valence-corrected chi connectivity index (χ2v) is 11.9. The lowest BCUT2D eigenvalue weighted by Gasteiger charge is -2.51. The van der Waals surface area contributed by atoms with Crippen molar-refractivity contribution in [1.82, 2.24) is 9.80 Å². The van der Waals surface area contributed by atoms with E-state index >= 15 is 0 Å². The number of phenolic OH excluding ortho intramolecular Hbond substituents is 1. The lowest BCUT2D eigenvalue weighted by molar-refractivity contribution is -0.140. The predicted molar refractivity (Wildman–Crippen MR) is 143 cm³/mol. The fraction of sp³-hybridized carbons (Fsp3) is 0.370. The lowest BCUT2D eigenvalue weighted by atomic mass is 9.56. The van der Waals surface area contributed by atoms with Crippen molar-refractivity contribution < 1.29 is 33.8 Å². The molecule has 1 N–H and O–H groups in total. The van der Waals surface area contributed by atoms with Crippen LogP contribution in [-0.2, 0) is 23.9 Å². The maximum Gasteiger partial charge on any atom is 0.423 e. The zero-order valence-electron chi connectivity index (χ0n) is 20.4. The summed E-state index contributed by atoms with van der Waals surface area (Å²) in [5.41, 5.74) is 0.987. The second kappa shape index (κ2) is 8.78. The van der Waals surface area contributed by atoms with Crippen molar-refractivity contribution in [3.63, 3.8) is 0 Å². The number of carbonyl (C=O) groups is 5. The van der Waals surface area contributed by atoms with Crippen LogP contribution in [0.3, 0.4) is 0 Å². The van der Waals surface area contributed by atoms with Gasteiger partial charge in [0, 0.05) is 11.3 Å². The molecule has 4 aliphatic rings. The Morgan fingerprint density at radius 1 is 1.05 bits per heavy atom. The quantitative estimate of drug-likeness (QED) is 0.229. The molecule has 1 saturated carbocycles. The summed E-state index contributed by atoms with van der Waals surface area (Å²) < 4.78 is 4.68. The van der Waals surface area contributed by atoms with E-state index in [0.29, 0.717) is 26.8 Å². The number of carbonyl (C=O) groups excluding carboxylic acids is 5. The number of methoxy groups -OCH3 is 1. The third kappa shape index (κ3) is 3.16. The van der Waals surface area contributed by atoms with E-state index in [0.717, 1.165) is 12.0 Å². The summed E-state index contributed by atoms with van der Waals surface area (Å²) in [7, 11) is 1.08. The first-order chi connectivity index (χ1) is 18.5. The van der Waals surface area contributed by atoms with Crippen molar-refractivity contribution in [3.8, 4) is 5.75 Å². The summed E-state index contributed by atoms with van der Waals surface area (Å²) in [6.07, 6.45) is 0.620. The first kappa shape index (κ1) is 26.3. The smallest absolute Gasteiger partial charge is 0.423 e. The van der Waals surface area contributed by atoms with Crippen LogP contribution in [0.2, 0.25) is 0 Å². The highest BCUT2D eigenvalue weighted by Crippen LogP contribution is 2.66. The minimum atomic E-state index is -1.97. The third-order valence-corrected chi connectivity index (χ3v) is 10.5. The van der Waals surface area contributed by atoms with Crippen LogP contribution in [0.5, 0.6) is 5.75 Å². The molecule has 0 spiro atoms. The number of halogens is 3. The zero-order valence-corrected chi connectivity index (χ0v) is 23.5. The molecule has 39 heavy (non-hydrogen) atoms. The van der Waals surface area contributed by atoms with Gasteiger partial charge in [-0.3, -0.25) is 24.1 Å². The minimum absolute atomic E-state index is 0.0151. The monoisotopic (exact) mass is 634 g/mol. The van der Waals surface area contributed by atoms with Crippen LogP contribution in [0.1, 0.15) is 24.3 Å². The van der Waals surface area contributed by atoms with E-state index in [2.05, 4.69) is 20.7 Å². The highest BCUT2D eigenvalue weighted by atomic mass is 79.9. The largest absolute Gasteiger partial charge is 0.507 e. The Hall–Kier alpha value is -2.95. The minimum Gasteiger partial charge on any atom is -0.507 e. The first-order valence-corrected chi connectivity index (χ1v) is 14.1. The molecular weight excluding hydrogens is 615 g/mol. The van der Waals surface area contributed by atoms with Gasteiger partial charge in [0.2, 0.25) is 11.8 Å². The molecule has 2 aromatic rings. The van der Waals surface area contributed by atoms with Gasteiger partial charge in [-0.1, -0.05) is 57.9 Å². The Balaban J connectivity index is 1.61. The van der Waals surface area contributed by atoms with Crippen molar-refractivity contribution in [3.05, 3.63) is 53.6 Å². The molecule has 202 valence electrons. The van der Waals surface area contributed by atoms with Gasteiger partial charge in [0.25, 0.3) is 11.8 Å². The number of likely N-dealkylation sites (tertiary alicyclic amines) is 2. The normalized spacial score (nSPS) is 33.7. The van der Waals surface area contributed by atoms with Gasteiger partial charge in [0.1, 0.15) is 5.75 Å². The molecule has 2 saturated heterocycles. The van der Waals surface area contributed by atoms with E-state index < -0.39 is 63.1 Å². The molecule has 5 amide bonds. The highest BCUT2D eigenvalue weighted by Gasteiger charge is 2.76. The van der Waals surface area contributed by atoms with E-state index in [1.54, 1.807) is 36.4 Å². The summed E-state index contributed by atoms with van der Waals surface area (Å²) in [6.45, 7) is 0. The van der Waals surface area contributed by atoms with E-state index in [1.807, 2.05) is 0 Å². The molecule has 12 heteroatoms. The highest BCUT2D eigenvalue weighted by molar-refractivity contribution is 9.09. The molecule has 9 nitrogen and oxygen atoms in total. The molecule has 6 atom stereocenters. The summed E-state index contributed by atoms with van der Waals surface area (Å²) in [4.78, 5) is 64.1. The van der Waals surface area contributed by atoms with Crippen molar-refractivity contribution in [2.24, 2.45) is 17.8 Å². The number of hydrogen-bond acceptors (Lipinski definition) is 7. The summed E-state index contributed by atoms with van der Waals surface area (Å²) in [5, 5.41) is 11.6. The van der Waals surface area contributed by atoms with E-state index in [1.165, 1.54) is 6.07 Å². The fourth-order valence-corrected chi connectivity index (χ4v) is 8.35. The first-order valence-electron chi connectivity index (χ1n) is 12.2. The van der Waals surface area contributed by atoms with Crippen LogP contribution in [0.15, 0.2) is 48.0 Å². The maximum absolute atomic E-state index is 13.9. The predicted octanol–water partition coefficient (Wildman–Crippen LogP) is 4.02. The van der Waals surface area contributed by atoms with Gasteiger partial charge in [-0.25, -0.2) is 4.79 Å². The molecule has 3 fully saturated rings. The summed E-state index contributed by atoms with van der Waals surface area (Å²) >= 11 is 17.6. The van der Waals surface area contributed by atoms with E-state index in [-0.39, 0.29) is 24.0 Å². The van der Waals surface area contributed by atoms with Crippen molar-refractivity contribution >= 4 is 79.6 Å². The van der Waals surface area contributed by atoms with Crippen molar-refractivity contribution in [2.75, 3.05) is 12.6 Å². The van der Waals surface area contributed by atoms with Crippen LogP contribution >= 0.6 is 39.1 Å². The molecule has 0 bridgehead atoms. The number of hydrogen-bond donors (Lipinski definition) is 1. The Morgan fingerprint density at radius 3 is 2.41 bits per heavy atom. The molecule has 0 unspecified atom stereocenters. The van der Waals surface area contributed by atoms with Gasteiger partial charge in [0.15, 0.2) is 9.75 Å². The molecule has 6 rings (SSSR count). The topological polar surface area (TPSA) is 121 Å². The number of rotatable bonds is 2. The van der Waals surface area contributed by atoms with Gasteiger partial charge >= 0.3 is 6.09 Å². The van der Waals surface area contributed by atoms with Crippen LogP contribution in [-0.4, -0.2) is 66.9 Å². The fourth-order valence-electron chi connectivity index (χ4n) is 6.93. The zero-order chi connectivity index (χ0) is 28.0. The molecule has 2 aliphatic carbocycles. The number of allylic oxidation sites excluding steroid dienone is 2. The van der Waals surface area contributed by atoms with Crippen LogP contribution in [0.25, 0.3) is 10.8 Å². The number of fused-ring (bicyclic) bond motifs is 5. The second-order valence-electron chi connectivity index (χ2n) is 10.2. The van der Waals surface area contributed by atoms with Gasteiger partial charge in [-0.15, -0.1) is 23.2 Å².